The Morgan fingerprint density at radius 2 is 2.00 bits per heavy atom. The van der Waals surface area contributed by atoms with E-state index in [9.17, 15) is 22.8 Å². The highest BCUT2D eigenvalue weighted by molar-refractivity contribution is 5.97. The highest BCUT2D eigenvalue weighted by Gasteiger charge is 2.40. The summed E-state index contributed by atoms with van der Waals surface area (Å²) in [7, 11) is 0. The highest BCUT2D eigenvalue weighted by Crippen LogP contribution is 2.35. The predicted molar refractivity (Wildman–Crippen MR) is 111 cm³/mol. The molecule has 2 aromatic heterocycles. The number of alkyl halides is 3. The number of aromatic nitrogens is 3. The van der Waals surface area contributed by atoms with Crippen LogP contribution in [-0.2, 0) is 6.18 Å². The van der Waals surface area contributed by atoms with Gasteiger partial charge in [0, 0.05) is 34.6 Å². The fraction of sp³-hybridized carbons (Fsp3) is 0.143. The van der Waals surface area contributed by atoms with E-state index in [0.29, 0.717) is 10.4 Å². The Bertz CT molecular complexity index is 1280. The number of aliphatic imine (C=N–C) groups is 1. The van der Waals surface area contributed by atoms with E-state index in [-0.39, 0.29) is 22.2 Å². The van der Waals surface area contributed by atoms with E-state index >= 15 is 0 Å². The van der Waals surface area contributed by atoms with Gasteiger partial charge >= 0.3 is 6.18 Å². The van der Waals surface area contributed by atoms with Crippen molar-refractivity contribution in [3.63, 3.8) is 0 Å². The number of amides is 1. The van der Waals surface area contributed by atoms with Crippen molar-refractivity contribution in [2.24, 2.45) is 4.99 Å². The minimum atomic E-state index is -4.88. The Morgan fingerprint density at radius 1 is 1.26 bits per heavy atom. The van der Waals surface area contributed by atoms with Crippen LogP contribution in [0.15, 0.2) is 70.5 Å². The maximum Gasteiger partial charge on any atom is 0.434 e. The van der Waals surface area contributed by atoms with Crippen molar-refractivity contribution in [2.45, 2.75) is 20.0 Å². The van der Waals surface area contributed by atoms with E-state index in [4.69, 9.17) is 0 Å². The summed E-state index contributed by atoms with van der Waals surface area (Å²) in [5, 5.41) is 6.66. The molecule has 0 unspecified atom stereocenters. The van der Waals surface area contributed by atoms with Gasteiger partial charge in [-0.25, -0.2) is 4.68 Å². The molecule has 0 bridgehead atoms. The van der Waals surface area contributed by atoms with Gasteiger partial charge in [-0.05, 0) is 38.1 Å². The average molecular weight is 429 g/mol. The third-order valence-corrected chi connectivity index (χ3v) is 4.23. The Balaban J connectivity index is 2.09. The van der Waals surface area contributed by atoms with Crippen LogP contribution in [0.5, 0.6) is 0 Å². The molecule has 0 fully saturated rings. The first-order chi connectivity index (χ1) is 14.6. The number of pyridine rings is 1. The number of fused-ring (bicyclic) bond motifs is 1. The molecule has 3 aromatic rings. The first-order valence-corrected chi connectivity index (χ1v) is 9.03. The van der Waals surface area contributed by atoms with E-state index in [1.54, 1.807) is 6.92 Å². The van der Waals surface area contributed by atoms with Crippen molar-refractivity contribution in [3.8, 4) is 5.69 Å². The molecule has 1 aromatic carbocycles. The summed E-state index contributed by atoms with van der Waals surface area (Å²) in [5.41, 5.74) is -1.51. The van der Waals surface area contributed by atoms with E-state index in [1.165, 1.54) is 49.7 Å². The number of carbonyl (C=O) groups excluding carboxylic acids is 1. The third kappa shape index (κ3) is 4.63. The van der Waals surface area contributed by atoms with Crippen LogP contribution in [0.3, 0.4) is 0 Å². The number of H-pyrrole nitrogens is 1. The molecule has 10 heteroatoms. The molecule has 160 valence electrons. The van der Waals surface area contributed by atoms with Crippen LogP contribution in [0.2, 0.25) is 0 Å². The smallest absolute Gasteiger partial charge is 0.329 e. The van der Waals surface area contributed by atoms with Crippen molar-refractivity contribution in [2.75, 3.05) is 0 Å². The average Bonchev–Trinajstić information content (AvgIpc) is 3.13. The van der Waals surface area contributed by atoms with E-state index in [1.807, 2.05) is 0 Å². The van der Waals surface area contributed by atoms with E-state index < -0.39 is 28.9 Å². The van der Waals surface area contributed by atoms with Gasteiger partial charge in [0.2, 0.25) is 0 Å². The number of hydrogen-bond acceptors (Lipinski definition) is 4. The zero-order chi connectivity index (χ0) is 22.8. The van der Waals surface area contributed by atoms with Crippen LogP contribution in [0.4, 0.5) is 13.2 Å². The van der Waals surface area contributed by atoms with Crippen LogP contribution in [-0.4, -0.2) is 26.9 Å². The fourth-order valence-electron chi connectivity index (χ4n) is 2.92. The van der Waals surface area contributed by atoms with Gasteiger partial charge in [0.25, 0.3) is 11.5 Å². The topological polar surface area (TPSA) is 92.1 Å². The molecular weight excluding hydrogens is 411 g/mol. The zero-order valence-electron chi connectivity index (χ0n) is 16.6. The second-order valence-corrected chi connectivity index (χ2v) is 6.68. The largest absolute Gasteiger partial charge is 0.434 e. The van der Waals surface area contributed by atoms with Gasteiger partial charge in [0.1, 0.15) is 0 Å². The summed E-state index contributed by atoms with van der Waals surface area (Å²) in [5.74, 6) is -0.978. The highest BCUT2D eigenvalue weighted by atomic mass is 19.4. The number of benzene rings is 1. The third-order valence-electron chi connectivity index (χ3n) is 4.23. The molecule has 2 N–H and O–H groups in total. The summed E-state index contributed by atoms with van der Waals surface area (Å²) >= 11 is 0. The number of aromatic amines is 1. The monoisotopic (exact) mass is 429 g/mol. The van der Waals surface area contributed by atoms with Crippen molar-refractivity contribution in [1.29, 1.82) is 0 Å². The van der Waals surface area contributed by atoms with Crippen LogP contribution in [0.1, 0.15) is 29.9 Å². The molecule has 0 aliphatic heterocycles. The van der Waals surface area contributed by atoms with Crippen LogP contribution in [0, 0.1) is 0 Å². The van der Waals surface area contributed by atoms with Gasteiger partial charge < -0.3 is 10.3 Å². The molecule has 0 saturated heterocycles. The van der Waals surface area contributed by atoms with Crippen molar-refractivity contribution in [1.82, 2.24) is 20.1 Å². The van der Waals surface area contributed by atoms with Crippen LogP contribution in [0.25, 0.3) is 16.5 Å². The molecule has 0 atom stereocenters. The molecule has 1 amide bonds. The Morgan fingerprint density at radius 3 is 2.68 bits per heavy atom. The van der Waals surface area contributed by atoms with Gasteiger partial charge in [-0.3, -0.25) is 14.6 Å². The van der Waals surface area contributed by atoms with Crippen LogP contribution < -0.4 is 10.9 Å². The molecule has 0 saturated carbocycles. The molecule has 0 radical (unpaired) electrons. The lowest BCUT2D eigenvalue weighted by Crippen LogP contribution is -2.25. The van der Waals surface area contributed by atoms with Gasteiger partial charge in [0.15, 0.2) is 5.69 Å². The molecule has 31 heavy (non-hydrogen) atoms. The molecule has 0 spiro atoms. The number of rotatable bonds is 5. The second-order valence-electron chi connectivity index (χ2n) is 6.68. The van der Waals surface area contributed by atoms with Crippen molar-refractivity contribution < 1.29 is 18.0 Å². The lowest BCUT2D eigenvalue weighted by atomic mass is 10.1. The predicted octanol–water partition coefficient (Wildman–Crippen LogP) is 3.97. The standard InChI is InChI=1S/C21H18F3N5O2/c1-12(2)25-9-7-13(3)28-20(31)16-11-27-29(18(16)21(22,23)24)17-6-4-5-15-14(17)8-10-26-19(15)30/h4-11H,1H2,2-3H3,(H,26,30)(H,28,31)/b13-7+,25-9-. The number of nitrogens with zero attached hydrogens (tertiary/aromatic N) is 3. The fourth-order valence-corrected chi connectivity index (χ4v) is 2.92. The first-order valence-electron chi connectivity index (χ1n) is 9.03. The maximum atomic E-state index is 13.9. The lowest BCUT2D eigenvalue weighted by Gasteiger charge is -2.14. The van der Waals surface area contributed by atoms with Crippen molar-refractivity contribution >= 4 is 22.9 Å². The quantitative estimate of drug-likeness (QED) is 0.601. The Hall–Kier alpha value is -3.95. The zero-order valence-corrected chi connectivity index (χ0v) is 16.6. The number of allylic oxidation sites excluding steroid dienone is 3. The molecule has 0 aliphatic carbocycles. The minimum Gasteiger partial charge on any atom is -0.329 e. The number of nitrogens with one attached hydrogen (secondary N) is 2. The number of halogens is 3. The van der Waals surface area contributed by atoms with Gasteiger partial charge in [-0.15, -0.1) is 0 Å². The van der Waals surface area contributed by atoms with E-state index in [2.05, 4.69) is 27.0 Å². The second kappa shape index (κ2) is 8.42. The first kappa shape index (κ1) is 21.8. The summed E-state index contributed by atoms with van der Waals surface area (Å²) in [6, 6.07) is 5.80. The summed E-state index contributed by atoms with van der Waals surface area (Å²) < 4.78 is 42.5. The SMILES string of the molecule is C=C(C)/N=C\C=C(/C)NC(=O)c1cnn(-c2cccc3c(=O)[nH]ccc23)c1C(F)(F)F. The summed E-state index contributed by atoms with van der Waals surface area (Å²) in [6.07, 6.45) is 0.102. The lowest BCUT2D eigenvalue weighted by molar-refractivity contribution is -0.143. The molecule has 0 aliphatic rings. The summed E-state index contributed by atoms with van der Waals surface area (Å²) in [4.78, 5) is 31.0. The number of carbonyl (C=O) groups is 1. The number of hydrogen-bond donors (Lipinski definition) is 2. The van der Waals surface area contributed by atoms with Gasteiger partial charge in [-0.2, -0.15) is 18.3 Å². The summed E-state index contributed by atoms with van der Waals surface area (Å²) in [6.45, 7) is 6.77. The Kier molecular flexibility index (Phi) is 5.91. The van der Waals surface area contributed by atoms with Crippen molar-refractivity contribution in [3.05, 3.63) is 82.3 Å². The van der Waals surface area contributed by atoms with E-state index in [0.717, 1.165) is 6.20 Å². The minimum absolute atomic E-state index is 0.0239. The maximum absolute atomic E-state index is 13.9. The molecule has 3 rings (SSSR count). The molecular formula is C21H18F3N5O2. The van der Waals surface area contributed by atoms with Gasteiger partial charge in [0.05, 0.1) is 17.4 Å². The normalized spacial score (nSPS) is 12.5. The molecule has 2 heterocycles. The Labute approximate surface area is 174 Å². The van der Waals surface area contributed by atoms with Crippen LogP contribution >= 0.6 is 0 Å². The van der Waals surface area contributed by atoms with Gasteiger partial charge in [-0.1, -0.05) is 12.6 Å². The molecule has 7 nitrogen and oxygen atoms in total.